The van der Waals surface area contributed by atoms with Gasteiger partial charge in [0.2, 0.25) is 0 Å². The lowest BCUT2D eigenvalue weighted by Gasteiger charge is -1.98. The Morgan fingerprint density at radius 3 is 2.12 bits per heavy atom. The average Bonchev–Trinajstić information content (AvgIpc) is 2.30. The molecule has 0 saturated heterocycles. The first kappa shape index (κ1) is 16.0. The van der Waals surface area contributed by atoms with Gasteiger partial charge in [-0.25, -0.2) is 0 Å². The normalized spacial score (nSPS) is 11.4. The van der Waals surface area contributed by atoms with E-state index in [-0.39, 0.29) is 5.97 Å². The quantitative estimate of drug-likeness (QED) is 0.320. The van der Waals surface area contributed by atoms with Crippen LogP contribution >= 0.6 is 0 Å². The van der Waals surface area contributed by atoms with Crippen LogP contribution < -0.4 is 0 Å². The molecule has 0 spiro atoms. The zero-order valence-corrected chi connectivity index (χ0v) is 11.3. The number of unbranched alkanes of at least 4 members (excludes halogenated alkanes) is 5. The summed E-state index contributed by atoms with van der Waals surface area (Å²) in [6.07, 6.45) is 16.8. The molecule has 0 amide bonds. The standard InChI is InChI=1S/C15H26O2/c1-3-4-5-6-7-8-9-10-11-12-13-14-17-15(2)16/h7-10H,3-6,11-14H2,1-2H3/b8-7+,10-9-. The van der Waals surface area contributed by atoms with Crippen LogP contribution in [-0.4, -0.2) is 12.6 Å². The number of rotatable bonds is 10. The van der Waals surface area contributed by atoms with Crippen molar-refractivity contribution in [2.24, 2.45) is 0 Å². The number of ether oxygens (including phenoxy) is 1. The Morgan fingerprint density at radius 1 is 1.00 bits per heavy atom. The molecule has 0 fully saturated rings. The van der Waals surface area contributed by atoms with E-state index in [4.69, 9.17) is 4.74 Å². The molecule has 0 unspecified atom stereocenters. The van der Waals surface area contributed by atoms with Crippen LogP contribution in [0.5, 0.6) is 0 Å². The molecule has 0 atom stereocenters. The molecule has 0 aliphatic carbocycles. The van der Waals surface area contributed by atoms with E-state index >= 15 is 0 Å². The highest BCUT2D eigenvalue weighted by Crippen LogP contribution is 2.00. The first-order valence-corrected chi connectivity index (χ1v) is 6.72. The summed E-state index contributed by atoms with van der Waals surface area (Å²) in [5.74, 6) is -0.185. The van der Waals surface area contributed by atoms with Gasteiger partial charge in [0.15, 0.2) is 0 Å². The summed E-state index contributed by atoms with van der Waals surface area (Å²) in [7, 11) is 0. The van der Waals surface area contributed by atoms with Crippen molar-refractivity contribution in [2.45, 2.75) is 58.8 Å². The Bertz CT molecular complexity index is 229. The third-order valence-electron chi connectivity index (χ3n) is 2.43. The zero-order chi connectivity index (χ0) is 12.8. The summed E-state index contributed by atoms with van der Waals surface area (Å²) in [6, 6.07) is 0. The van der Waals surface area contributed by atoms with Crippen LogP contribution in [0.15, 0.2) is 24.3 Å². The van der Waals surface area contributed by atoms with Crippen molar-refractivity contribution in [3.63, 3.8) is 0 Å². The topological polar surface area (TPSA) is 26.3 Å². The summed E-state index contributed by atoms with van der Waals surface area (Å²) >= 11 is 0. The molecule has 0 aliphatic heterocycles. The van der Waals surface area contributed by atoms with E-state index in [9.17, 15) is 4.79 Å². The highest BCUT2D eigenvalue weighted by Gasteiger charge is 1.90. The van der Waals surface area contributed by atoms with Gasteiger partial charge < -0.3 is 4.74 Å². The lowest BCUT2D eigenvalue weighted by Crippen LogP contribution is -1.99. The number of esters is 1. The summed E-state index contributed by atoms with van der Waals surface area (Å²) in [5, 5.41) is 0. The average molecular weight is 238 g/mol. The van der Waals surface area contributed by atoms with Gasteiger partial charge in [0.25, 0.3) is 0 Å². The van der Waals surface area contributed by atoms with Crippen LogP contribution in [0.4, 0.5) is 0 Å². The van der Waals surface area contributed by atoms with Crippen LogP contribution in [0.3, 0.4) is 0 Å². The van der Waals surface area contributed by atoms with Gasteiger partial charge in [0, 0.05) is 6.92 Å². The molecule has 0 radical (unpaired) electrons. The molecule has 98 valence electrons. The number of allylic oxidation sites excluding steroid dienone is 4. The maximum Gasteiger partial charge on any atom is 0.302 e. The van der Waals surface area contributed by atoms with Crippen molar-refractivity contribution in [1.82, 2.24) is 0 Å². The first-order valence-electron chi connectivity index (χ1n) is 6.72. The molecule has 0 heterocycles. The maximum atomic E-state index is 10.5. The third-order valence-corrected chi connectivity index (χ3v) is 2.43. The molecule has 0 rings (SSSR count). The maximum absolute atomic E-state index is 10.5. The minimum absolute atomic E-state index is 0.185. The van der Waals surface area contributed by atoms with Crippen molar-refractivity contribution in [3.05, 3.63) is 24.3 Å². The summed E-state index contributed by atoms with van der Waals surface area (Å²) in [5.41, 5.74) is 0. The summed E-state index contributed by atoms with van der Waals surface area (Å²) in [6.45, 7) is 4.22. The van der Waals surface area contributed by atoms with E-state index in [1.165, 1.54) is 32.6 Å². The zero-order valence-electron chi connectivity index (χ0n) is 11.3. The second kappa shape index (κ2) is 13.0. The highest BCUT2D eigenvalue weighted by atomic mass is 16.5. The Balaban J connectivity index is 3.21. The van der Waals surface area contributed by atoms with Gasteiger partial charge in [-0.15, -0.1) is 0 Å². The fourth-order valence-electron chi connectivity index (χ4n) is 1.44. The molecule has 0 N–H and O–H groups in total. The SMILES string of the molecule is CCCCC/C=C/C=C\CCCCOC(C)=O. The van der Waals surface area contributed by atoms with Crippen LogP contribution in [0.1, 0.15) is 58.8 Å². The van der Waals surface area contributed by atoms with Crippen molar-refractivity contribution in [1.29, 1.82) is 0 Å². The van der Waals surface area contributed by atoms with E-state index in [2.05, 4.69) is 31.2 Å². The smallest absolute Gasteiger partial charge is 0.302 e. The molecule has 0 bridgehead atoms. The van der Waals surface area contributed by atoms with E-state index in [1.807, 2.05) is 0 Å². The molecule has 0 aromatic rings. The van der Waals surface area contributed by atoms with Crippen molar-refractivity contribution in [2.75, 3.05) is 6.61 Å². The Labute approximate surface area is 106 Å². The molecule has 0 saturated carbocycles. The fourth-order valence-corrected chi connectivity index (χ4v) is 1.44. The molecule has 0 aromatic heterocycles. The van der Waals surface area contributed by atoms with Crippen LogP contribution in [-0.2, 0) is 9.53 Å². The largest absolute Gasteiger partial charge is 0.466 e. The monoisotopic (exact) mass is 238 g/mol. The lowest BCUT2D eigenvalue weighted by atomic mass is 10.2. The molecular weight excluding hydrogens is 212 g/mol. The fraction of sp³-hybridized carbons (Fsp3) is 0.667. The molecular formula is C15H26O2. The molecule has 2 nitrogen and oxygen atoms in total. The molecule has 2 heteroatoms. The lowest BCUT2D eigenvalue weighted by molar-refractivity contribution is -0.141. The van der Waals surface area contributed by atoms with E-state index < -0.39 is 0 Å². The summed E-state index contributed by atoms with van der Waals surface area (Å²) in [4.78, 5) is 10.5. The Kier molecular flexibility index (Phi) is 12.2. The van der Waals surface area contributed by atoms with Gasteiger partial charge in [-0.1, -0.05) is 44.1 Å². The predicted molar refractivity (Wildman–Crippen MR) is 72.9 cm³/mol. The second-order valence-electron chi connectivity index (χ2n) is 4.19. The van der Waals surface area contributed by atoms with Crippen LogP contribution in [0, 0.1) is 0 Å². The minimum atomic E-state index is -0.185. The van der Waals surface area contributed by atoms with Gasteiger partial charge in [-0.3, -0.25) is 4.79 Å². The molecule has 0 aliphatic rings. The van der Waals surface area contributed by atoms with Crippen molar-refractivity contribution >= 4 is 5.97 Å². The van der Waals surface area contributed by atoms with Gasteiger partial charge in [0.1, 0.15) is 0 Å². The van der Waals surface area contributed by atoms with Crippen molar-refractivity contribution < 1.29 is 9.53 Å². The number of hydrogen-bond acceptors (Lipinski definition) is 2. The number of carbonyl (C=O) groups is 1. The number of carbonyl (C=O) groups excluding carboxylic acids is 1. The van der Waals surface area contributed by atoms with Gasteiger partial charge >= 0.3 is 5.97 Å². The van der Waals surface area contributed by atoms with Gasteiger partial charge in [-0.2, -0.15) is 0 Å². The van der Waals surface area contributed by atoms with Gasteiger partial charge in [0.05, 0.1) is 6.61 Å². The molecule has 17 heavy (non-hydrogen) atoms. The van der Waals surface area contributed by atoms with E-state index in [0.717, 1.165) is 19.3 Å². The number of hydrogen-bond donors (Lipinski definition) is 0. The Morgan fingerprint density at radius 2 is 1.59 bits per heavy atom. The van der Waals surface area contributed by atoms with E-state index in [1.54, 1.807) is 0 Å². The predicted octanol–water partition coefficient (Wildman–Crippen LogP) is 4.41. The molecule has 0 aromatic carbocycles. The Hall–Kier alpha value is -1.05. The van der Waals surface area contributed by atoms with Crippen molar-refractivity contribution in [3.8, 4) is 0 Å². The minimum Gasteiger partial charge on any atom is -0.466 e. The first-order chi connectivity index (χ1) is 8.27. The van der Waals surface area contributed by atoms with Crippen LogP contribution in [0.2, 0.25) is 0 Å². The highest BCUT2D eigenvalue weighted by molar-refractivity contribution is 5.65. The van der Waals surface area contributed by atoms with Crippen LogP contribution in [0.25, 0.3) is 0 Å². The van der Waals surface area contributed by atoms with E-state index in [0.29, 0.717) is 6.61 Å². The van der Waals surface area contributed by atoms with Gasteiger partial charge in [-0.05, 0) is 32.1 Å². The second-order valence-corrected chi connectivity index (χ2v) is 4.19. The third kappa shape index (κ3) is 14.9. The summed E-state index contributed by atoms with van der Waals surface area (Å²) < 4.78 is 4.85.